The first-order valence-electron chi connectivity index (χ1n) is 7.96. The zero-order valence-corrected chi connectivity index (χ0v) is 14.1. The van der Waals surface area contributed by atoms with Gasteiger partial charge in [0.1, 0.15) is 0 Å². The normalized spacial score (nSPS) is 17.3. The monoisotopic (exact) mass is 336 g/mol. The molecule has 1 aromatic heterocycles. The van der Waals surface area contributed by atoms with E-state index in [1.807, 2.05) is 18.2 Å². The van der Waals surface area contributed by atoms with Crippen molar-refractivity contribution in [2.45, 2.75) is 13.1 Å². The highest BCUT2D eigenvalue weighted by molar-refractivity contribution is 6.65. The minimum absolute atomic E-state index is 0.158. The first kappa shape index (κ1) is 15.0. The standard InChI is InChI=1S/C19H17ClN4/c1-2-23-13-21-19(20)22-18(23)16-12-24(14-8-4-3-5-9-14)17-11-7-6-10-15(16)17/h3-13,18H,2H2,1H3. The summed E-state index contributed by atoms with van der Waals surface area (Å²) in [5.74, 6) is 0. The van der Waals surface area contributed by atoms with E-state index in [2.05, 4.69) is 69.0 Å². The Balaban J connectivity index is 1.92. The third-order valence-electron chi connectivity index (χ3n) is 4.28. The van der Waals surface area contributed by atoms with E-state index < -0.39 is 0 Å². The molecular formula is C19H17ClN4. The number of rotatable bonds is 3. The molecule has 4 rings (SSSR count). The molecule has 3 aromatic rings. The molecule has 0 N–H and O–H groups in total. The fourth-order valence-electron chi connectivity index (χ4n) is 3.11. The maximum atomic E-state index is 6.08. The van der Waals surface area contributed by atoms with Crippen molar-refractivity contribution in [3.63, 3.8) is 0 Å². The van der Waals surface area contributed by atoms with E-state index in [0.717, 1.165) is 23.3 Å². The SMILES string of the molecule is CCN1C=NC(Cl)=NC1c1cn(-c2ccccc2)c2ccccc12. The Hall–Kier alpha value is -2.59. The number of halogens is 1. The van der Waals surface area contributed by atoms with Crippen molar-refractivity contribution in [1.82, 2.24) is 9.47 Å². The van der Waals surface area contributed by atoms with Crippen LogP contribution in [0.1, 0.15) is 18.7 Å². The third-order valence-corrected chi connectivity index (χ3v) is 4.47. The Labute approximate surface area is 145 Å². The van der Waals surface area contributed by atoms with E-state index in [-0.39, 0.29) is 6.17 Å². The zero-order chi connectivity index (χ0) is 16.5. The van der Waals surface area contributed by atoms with Gasteiger partial charge in [-0.25, -0.2) is 9.98 Å². The van der Waals surface area contributed by atoms with E-state index >= 15 is 0 Å². The second-order valence-corrected chi connectivity index (χ2v) is 5.99. The van der Waals surface area contributed by atoms with Crippen LogP contribution >= 0.6 is 11.6 Å². The van der Waals surface area contributed by atoms with Gasteiger partial charge in [-0.2, -0.15) is 0 Å². The van der Waals surface area contributed by atoms with Crippen LogP contribution in [0.15, 0.2) is 70.8 Å². The minimum Gasteiger partial charge on any atom is -0.337 e. The Morgan fingerprint density at radius 3 is 2.58 bits per heavy atom. The molecule has 1 aliphatic rings. The van der Waals surface area contributed by atoms with E-state index in [1.54, 1.807) is 6.34 Å². The molecule has 1 atom stereocenters. The molecule has 0 spiro atoms. The molecule has 0 saturated carbocycles. The Kier molecular flexibility index (Phi) is 3.82. The second-order valence-electron chi connectivity index (χ2n) is 5.65. The molecule has 2 aromatic carbocycles. The molecule has 2 heterocycles. The predicted octanol–water partition coefficient (Wildman–Crippen LogP) is 4.59. The number of aliphatic imine (C=N–C) groups is 2. The summed E-state index contributed by atoms with van der Waals surface area (Å²) >= 11 is 6.08. The van der Waals surface area contributed by atoms with Gasteiger partial charge in [0.05, 0.1) is 11.9 Å². The van der Waals surface area contributed by atoms with Crippen molar-refractivity contribution in [2.75, 3.05) is 6.54 Å². The van der Waals surface area contributed by atoms with E-state index in [0.29, 0.717) is 5.29 Å². The van der Waals surface area contributed by atoms with Gasteiger partial charge >= 0.3 is 0 Å². The maximum absolute atomic E-state index is 6.08. The molecule has 0 saturated heterocycles. The molecule has 120 valence electrons. The summed E-state index contributed by atoms with van der Waals surface area (Å²) in [6.07, 6.45) is 3.77. The third kappa shape index (κ3) is 2.49. The van der Waals surface area contributed by atoms with E-state index in [9.17, 15) is 0 Å². The highest BCUT2D eigenvalue weighted by atomic mass is 35.5. The van der Waals surface area contributed by atoms with Gasteiger partial charge in [-0.05, 0) is 36.7 Å². The highest BCUT2D eigenvalue weighted by Crippen LogP contribution is 2.33. The molecule has 1 unspecified atom stereocenters. The zero-order valence-electron chi connectivity index (χ0n) is 13.3. The van der Waals surface area contributed by atoms with Gasteiger partial charge in [-0.3, -0.25) is 0 Å². The van der Waals surface area contributed by atoms with Crippen LogP contribution in [0.5, 0.6) is 0 Å². The molecule has 0 amide bonds. The van der Waals surface area contributed by atoms with Crippen LogP contribution in [0.3, 0.4) is 0 Å². The average molecular weight is 337 g/mol. The number of hydrogen-bond acceptors (Lipinski definition) is 3. The smallest absolute Gasteiger partial charge is 0.221 e. The molecule has 0 radical (unpaired) electrons. The number of para-hydroxylation sites is 2. The number of hydrogen-bond donors (Lipinski definition) is 0. The molecule has 0 fully saturated rings. The summed E-state index contributed by atoms with van der Waals surface area (Å²) in [4.78, 5) is 10.8. The van der Waals surface area contributed by atoms with Crippen molar-refractivity contribution in [3.8, 4) is 5.69 Å². The molecule has 0 bridgehead atoms. The van der Waals surface area contributed by atoms with Gasteiger partial charge < -0.3 is 9.47 Å². The molecular weight excluding hydrogens is 320 g/mol. The first-order valence-corrected chi connectivity index (χ1v) is 8.34. The number of nitrogens with zero attached hydrogens (tertiary/aromatic N) is 4. The van der Waals surface area contributed by atoms with Crippen molar-refractivity contribution in [1.29, 1.82) is 0 Å². The molecule has 1 aliphatic heterocycles. The van der Waals surface area contributed by atoms with Gasteiger partial charge in [-0.15, -0.1) is 0 Å². The van der Waals surface area contributed by atoms with Crippen LogP contribution in [0.25, 0.3) is 16.6 Å². The summed E-state index contributed by atoms with van der Waals surface area (Å²) in [6.45, 7) is 2.90. The number of aromatic nitrogens is 1. The van der Waals surface area contributed by atoms with Crippen LogP contribution in [-0.4, -0.2) is 27.6 Å². The molecule has 5 heteroatoms. The fraction of sp³-hybridized carbons (Fsp3) is 0.158. The highest BCUT2D eigenvalue weighted by Gasteiger charge is 2.24. The molecule has 0 aliphatic carbocycles. The Bertz CT molecular complexity index is 927. The summed E-state index contributed by atoms with van der Waals surface area (Å²) in [5.41, 5.74) is 3.41. The fourth-order valence-corrected chi connectivity index (χ4v) is 3.25. The van der Waals surface area contributed by atoms with Crippen molar-refractivity contribution in [3.05, 3.63) is 66.4 Å². The molecule has 24 heavy (non-hydrogen) atoms. The second kappa shape index (κ2) is 6.13. The van der Waals surface area contributed by atoms with Crippen molar-refractivity contribution >= 4 is 34.1 Å². The number of amidine groups is 1. The lowest BCUT2D eigenvalue weighted by Gasteiger charge is -2.27. The summed E-state index contributed by atoms with van der Waals surface area (Å²) in [5, 5.41) is 1.47. The van der Waals surface area contributed by atoms with Crippen LogP contribution < -0.4 is 0 Å². The van der Waals surface area contributed by atoms with Crippen LogP contribution in [-0.2, 0) is 0 Å². The molecule has 4 nitrogen and oxygen atoms in total. The van der Waals surface area contributed by atoms with Crippen molar-refractivity contribution in [2.24, 2.45) is 9.98 Å². The van der Waals surface area contributed by atoms with Crippen LogP contribution in [0, 0.1) is 0 Å². The number of fused-ring (bicyclic) bond motifs is 1. The predicted molar refractivity (Wildman–Crippen MR) is 100 cm³/mol. The summed E-state index contributed by atoms with van der Waals surface area (Å²) in [6, 6.07) is 18.7. The lowest BCUT2D eigenvalue weighted by atomic mass is 10.1. The Morgan fingerprint density at radius 1 is 1.04 bits per heavy atom. The Morgan fingerprint density at radius 2 is 1.79 bits per heavy atom. The number of benzene rings is 2. The van der Waals surface area contributed by atoms with E-state index in [4.69, 9.17) is 11.6 Å². The topological polar surface area (TPSA) is 32.9 Å². The van der Waals surface area contributed by atoms with Gasteiger partial charge in [0, 0.05) is 29.4 Å². The van der Waals surface area contributed by atoms with Gasteiger partial charge in [-0.1, -0.05) is 36.4 Å². The lowest BCUT2D eigenvalue weighted by molar-refractivity contribution is 0.349. The quantitative estimate of drug-likeness (QED) is 0.644. The lowest BCUT2D eigenvalue weighted by Crippen LogP contribution is -2.29. The summed E-state index contributed by atoms with van der Waals surface area (Å²) < 4.78 is 2.20. The largest absolute Gasteiger partial charge is 0.337 e. The van der Waals surface area contributed by atoms with Crippen LogP contribution in [0.2, 0.25) is 0 Å². The maximum Gasteiger partial charge on any atom is 0.221 e. The minimum atomic E-state index is -0.158. The van der Waals surface area contributed by atoms with Gasteiger partial charge in [0.15, 0.2) is 6.17 Å². The summed E-state index contributed by atoms with van der Waals surface area (Å²) in [7, 11) is 0. The van der Waals surface area contributed by atoms with Gasteiger partial charge in [0.25, 0.3) is 0 Å². The van der Waals surface area contributed by atoms with Gasteiger partial charge in [0.2, 0.25) is 5.29 Å². The van der Waals surface area contributed by atoms with Crippen LogP contribution in [0.4, 0.5) is 0 Å². The average Bonchev–Trinajstić information content (AvgIpc) is 3.02. The van der Waals surface area contributed by atoms with E-state index in [1.165, 1.54) is 5.39 Å². The first-order chi connectivity index (χ1) is 11.8. The van der Waals surface area contributed by atoms with Crippen molar-refractivity contribution < 1.29 is 0 Å².